The standard InChI is InChI=1S/C22H22ClFN6O/c1-28-6-8-29(9-7-28)13-3-5-17-18(11-13)27-22(26-17)20-19(31)12-30(21(20)25)14-2-4-16(24)15(23)10-14/h2-5,10-11,25,31H,6-9,12H2,1H3,(H,26,27). The molecule has 5 rings (SSSR count). The quantitative estimate of drug-likeness (QED) is 0.576. The van der Waals surface area contributed by atoms with Crippen LogP contribution in [0.25, 0.3) is 16.6 Å². The highest BCUT2D eigenvalue weighted by atomic mass is 35.5. The molecule has 3 aromatic rings. The van der Waals surface area contributed by atoms with Crippen molar-refractivity contribution >= 4 is 45.4 Å². The van der Waals surface area contributed by atoms with E-state index in [0.29, 0.717) is 17.1 Å². The van der Waals surface area contributed by atoms with Crippen LogP contribution in [0, 0.1) is 11.2 Å². The van der Waals surface area contributed by atoms with Crippen LogP contribution in [0.5, 0.6) is 0 Å². The summed E-state index contributed by atoms with van der Waals surface area (Å²) in [4.78, 5) is 14.1. The maximum Gasteiger partial charge on any atom is 0.145 e. The lowest BCUT2D eigenvalue weighted by molar-refractivity contribution is 0.313. The zero-order valence-corrected chi connectivity index (χ0v) is 17.7. The SMILES string of the molecule is CN1CCN(c2ccc3nc(C4=C(O)CN(c5ccc(F)c(Cl)c5)C4=N)[nH]c3c2)CC1. The summed E-state index contributed by atoms with van der Waals surface area (Å²) in [7, 11) is 2.13. The Hall–Kier alpha value is -3.10. The highest BCUT2D eigenvalue weighted by Crippen LogP contribution is 2.33. The molecule has 9 heteroatoms. The minimum atomic E-state index is -0.526. The summed E-state index contributed by atoms with van der Waals surface area (Å²) >= 11 is 5.90. The Morgan fingerprint density at radius 1 is 1.10 bits per heavy atom. The van der Waals surface area contributed by atoms with Gasteiger partial charge in [-0.05, 0) is 43.4 Å². The lowest BCUT2D eigenvalue weighted by Crippen LogP contribution is -2.44. The number of piperazine rings is 1. The summed E-state index contributed by atoms with van der Waals surface area (Å²) in [6, 6.07) is 10.3. The van der Waals surface area contributed by atoms with Gasteiger partial charge in [0.1, 0.15) is 23.2 Å². The third-order valence-corrected chi connectivity index (χ3v) is 6.18. The number of hydrogen-bond acceptors (Lipinski definition) is 5. The topological polar surface area (TPSA) is 82.5 Å². The maximum atomic E-state index is 13.5. The van der Waals surface area contributed by atoms with E-state index < -0.39 is 5.82 Å². The molecule has 0 unspecified atom stereocenters. The van der Waals surface area contributed by atoms with Crippen molar-refractivity contribution in [3.05, 3.63) is 58.8 Å². The molecular weight excluding hydrogens is 419 g/mol. The van der Waals surface area contributed by atoms with Gasteiger partial charge in [0.25, 0.3) is 0 Å². The second-order valence-electron chi connectivity index (χ2n) is 7.93. The van der Waals surface area contributed by atoms with Gasteiger partial charge in [0.2, 0.25) is 0 Å². The zero-order chi connectivity index (χ0) is 21.7. The Balaban J connectivity index is 1.44. The number of H-pyrrole nitrogens is 1. The largest absolute Gasteiger partial charge is 0.509 e. The van der Waals surface area contributed by atoms with Crippen molar-refractivity contribution in [1.29, 1.82) is 5.41 Å². The summed E-state index contributed by atoms with van der Waals surface area (Å²) < 4.78 is 13.5. The fourth-order valence-electron chi connectivity index (χ4n) is 4.08. The van der Waals surface area contributed by atoms with E-state index in [1.54, 1.807) is 4.90 Å². The Morgan fingerprint density at radius 2 is 1.84 bits per heavy atom. The Labute approximate surface area is 183 Å². The van der Waals surface area contributed by atoms with E-state index >= 15 is 0 Å². The van der Waals surface area contributed by atoms with Gasteiger partial charge in [0.05, 0.1) is 28.2 Å². The van der Waals surface area contributed by atoms with Gasteiger partial charge in [-0.25, -0.2) is 9.37 Å². The van der Waals surface area contributed by atoms with Crippen LogP contribution >= 0.6 is 11.6 Å². The molecule has 31 heavy (non-hydrogen) atoms. The molecule has 0 radical (unpaired) electrons. The number of benzene rings is 2. The fraction of sp³-hybridized carbons (Fsp3) is 0.273. The number of fused-ring (bicyclic) bond motifs is 1. The highest BCUT2D eigenvalue weighted by Gasteiger charge is 2.31. The molecule has 3 N–H and O–H groups in total. The maximum absolute atomic E-state index is 13.5. The van der Waals surface area contributed by atoms with E-state index in [4.69, 9.17) is 17.0 Å². The average Bonchev–Trinajstić information content (AvgIpc) is 3.29. The van der Waals surface area contributed by atoms with Gasteiger partial charge in [-0.3, -0.25) is 5.41 Å². The summed E-state index contributed by atoms with van der Waals surface area (Å²) in [5, 5.41) is 19.2. The van der Waals surface area contributed by atoms with Crippen molar-refractivity contribution in [2.75, 3.05) is 49.6 Å². The van der Waals surface area contributed by atoms with Gasteiger partial charge in [-0.15, -0.1) is 0 Å². The van der Waals surface area contributed by atoms with E-state index in [-0.39, 0.29) is 23.2 Å². The number of hydrogen-bond donors (Lipinski definition) is 3. The van der Waals surface area contributed by atoms with Crippen molar-refractivity contribution in [3.8, 4) is 0 Å². The van der Waals surface area contributed by atoms with Crippen LogP contribution in [-0.4, -0.2) is 65.6 Å². The number of aromatic amines is 1. The third-order valence-electron chi connectivity index (χ3n) is 5.89. The second kappa shape index (κ2) is 7.55. The molecule has 2 aromatic carbocycles. The molecule has 1 fully saturated rings. The van der Waals surface area contributed by atoms with Crippen molar-refractivity contribution in [3.63, 3.8) is 0 Å². The number of likely N-dealkylation sites (N-methyl/N-ethyl adjacent to an activating group) is 1. The second-order valence-corrected chi connectivity index (χ2v) is 8.34. The van der Waals surface area contributed by atoms with Crippen LogP contribution < -0.4 is 9.80 Å². The zero-order valence-electron chi connectivity index (χ0n) is 17.0. The molecule has 1 aromatic heterocycles. The first-order valence-corrected chi connectivity index (χ1v) is 10.5. The summed E-state index contributed by atoms with van der Waals surface area (Å²) in [5.74, 6) is 0.0213. The molecule has 2 aliphatic heterocycles. The normalized spacial score (nSPS) is 18.0. The number of amidine groups is 1. The number of nitrogens with zero attached hydrogens (tertiary/aromatic N) is 4. The number of aromatic nitrogens is 2. The molecule has 160 valence electrons. The number of imidazole rings is 1. The smallest absolute Gasteiger partial charge is 0.145 e. The molecule has 3 heterocycles. The van der Waals surface area contributed by atoms with Crippen LogP contribution in [0.3, 0.4) is 0 Å². The molecular formula is C22H22ClFN6O. The summed E-state index contributed by atoms with van der Waals surface area (Å²) in [5.41, 5.74) is 3.61. The first kappa shape index (κ1) is 19.8. The van der Waals surface area contributed by atoms with Crippen molar-refractivity contribution in [2.24, 2.45) is 0 Å². The van der Waals surface area contributed by atoms with Gasteiger partial charge in [-0.2, -0.15) is 0 Å². The minimum Gasteiger partial charge on any atom is -0.509 e. The monoisotopic (exact) mass is 440 g/mol. The molecule has 0 atom stereocenters. The Morgan fingerprint density at radius 3 is 2.58 bits per heavy atom. The summed E-state index contributed by atoms with van der Waals surface area (Å²) in [6.45, 7) is 4.07. The van der Waals surface area contributed by atoms with E-state index in [1.807, 2.05) is 6.07 Å². The van der Waals surface area contributed by atoms with Crippen molar-refractivity contribution in [2.45, 2.75) is 0 Å². The number of rotatable bonds is 3. The van der Waals surface area contributed by atoms with Crippen LogP contribution in [0.2, 0.25) is 5.02 Å². The molecule has 7 nitrogen and oxygen atoms in total. The first-order valence-electron chi connectivity index (χ1n) is 10.1. The van der Waals surface area contributed by atoms with Gasteiger partial charge < -0.3 is 24.8 Å². The van der Waals surface area contributed by atoms with Gasteiger partial charge in [-0.1, -0.05) is 11.6 Å². The molecule has 1 saturated heterocycles. The molecule has 0 amide bonds. The van der Waals surface area contributed by atoms with Crippen molar-refractivity contribution < 1.29 is 9.50 Å². The van der Waals surface area contributed by atoms with E-state index in [2.05, 4.69) is 38.9 Å². The fourth-order valence-corrected chi connectivity index (χ4v) is 4.25. The lowest BCUT2D eigenvalue weighted by Gasteiger charge is -2.34. The molecule has 0 spiro atoms. The van der Waals surface area contributed by atoms with Crippen LogP contribution in [0.4, 0.5) is 15.8 Å². The number of anilines is 2. The first-order chi connectivity index (χ1) is 14.9. The Kier molecular flexibility index (Phi) is 4.83. The summed E-state index contributed by atoms with van der Waals surface area (Å²) in [6.07, 6.45) is 0. The van der Waals surface area contributed by atoms with Crippen molar-refractivity contribution in [1.82, 2.24) is 14.9 Å². The third kappa shape index (κ3) is 3.51. The highest BCUT2D eigenvalue weighted by molar-refractivity contribution is 6.32. The van der Waals surface area contributed by atoms with Gasteiger partial charge in [0.15, 0.2) is 0 Å². The lowest BCUT2D eigenvalue weighted by atomic mass is 10.2. The minimum absolute atomic E-state index is 0.0292. The van der Waals surface area contributed by atoms with Crippen LogP contribution in [-0.2, 0) is 0 Å². The number of aliphatic hydroxyl groups is 1. The Bertz CT molecular complexity index is 1210. The van der Waals surface area contributed by atoms with E-state index in [1.165, 1.54) is 18.2 Å². The van der Waals surface area contributed by atoms with Crippen LogP contribution in [0.15, 0.2) is 42.2 Å². The van der Waals surface area contributed by atoms with E-state index in [0.717, 1.165) is 42.9 Å². The number of nitrogens with one attached hydrogen (secondary N) is 2. The predicted molar refractivity (Wildman–Crippen MR) is 122 cm³/mol. The van der Waals surface area contributed by atoms with Gasteiger partial charge in [0, 0.05) is 37.6 Å². The molecule has 2 aliphatic rings. The number of aliphatic hydroxyl groups excluding tert-OH is 1. The molecule has 0 aliphatic carbocycles. The van der Waals surface area contributed by atoms with Crippen LogP contribution in [0.1, 0.15) is 5.82 Å². The average molecular weight is 441 g/mol. The molecule has 0 saturated carbocycles. The predicted octanol–water partition coefficient (Wildman–Crippen LogP) is 3.87. The van der Waals surface area contributed by atoms with E-state index in [9.17, 15) is 9.50 Å². The van der Waals surface area contributed by atoms with Gasteiger partial charge >= 0.3 is 0 Å². The molecule has 0 bridgehead atoms. The number of halogens is 2.